The van der Waals surface area contributed by atoms with Crippen molar-refractivity contribution in [2.45, 2.75) is 12.6 Å². The Morgan fingerprint density at radius 1 is 1.04 bits per heavy atom. The number of nitrogens with zero attached hydrogens (tertiary/aromatic N) is 2. The summed E-state index contributed by atoms with van der Waals surface area (Å²) in [7, 11) is 0. The predicted molar refractivity (Wildman–Crippen MR) is 81.5 cm³/mol. The minimum absolute atomic E-state index is 0.0931. The number of alkyl halides is 3. The quantitative estimate of drug-likeness (QED) is 0.143. The molecule has 1 heterocycles. The van der Waals surface area contributed by atoms with Gasteiger partial charge in [0.15, 0.2) is 0 Å². The Labute approximate surface area is 153 Å². The van der Waals surface area contributed by atoms with Crippen LogP contribution in [0.4, 0.5) is 18.9 Å². The van der Waals surface area contributed by atoms with Crippen LogP contribution >= 0.6 is 0 Å². The molecule has 3 amide bonds. The normalized spacial score (nSPS) is 13.5. The standard InChI is InChI=1S/C15H10F3N3O7/c16-15(17,18)14(26)28-21(19)12(24)7-13(25)27-9-3-1-8(2-4-9)20-10(22)5-6-11(20)23/h1-6H,7,19H2. The molecular formula is C15H10F3N3O7. The molecule has 13 heteroatoms. The number of halogens is 3. The number of carbonyl (C=O) groups excluding carboxylic acids is 5. The molecule has 1 aromatic rings. The second-order valence-corrected chi connectivity index (χ2v) is 5.09. The van der Waals surface area contributed by atoms with Crippen LogP contribution in [0.2, 0.25) is 0 Å². The molecular weight excluding hydrogens is 391 g/mol. The van der Waals surface area contributed by atoms with Crippen molar-refractivity contribution in [3.63, 3.8) is 0 Å². The summed E-state index contributed by atoms with van der Waals surface area (Å²) in [6.45, 7) is 0. The fourth-order valence-electron chi connectivity index (χ4n) is 1.88. The van der Waals surface area contributed by atoms with E-state index in [2.05, 4.69) is 4.84 Å². The molecule has 2 rings (SSSR count). The monoisotopic (exact) mass is 401 g/mol. The largest absolute Gasteiger partial charge is 0.493 e. The van der Waals surface area contributed by atoms with Crippen LogP contribution < -0.4 is 15.5 Å². The minimum atomic E-state index is -5.38. The van der Waals surface area contributed by atoms with Crippen molar-refractivity contribution in [3.8, 4) is 5.75 Å². The molecule has 0 aliphatic carbocycles. The highest BCUT2D eigenvalue weighted by atomic mass is 19.4. The number of hydrogen-bond donors (Lipinski definition) is 1. The molecule has 0 bridgehead atoms. The van der Waals surface area contributed by atoms with Crippen LogP contribution in [0.1, 0.15) is 6.42 Å². The summed E-state index contributed by atoms with van der Waals surface area (Å²) in [5, 5.41) is -0.530. The maximum atomic E-state index is 12.0. The Hall–Kier alpha value is -3.74. The number of nitrogens with two attached hydrogens (primary N) is 1. The van der Waals surface area contributed by atoms with Gasteiger partial charge in [-0.15, -0.1) is 5.17 Å². The SMILES string of the molecule is NN(OC(=O)C(F)(F)F)C(=O)CC(=O)Oc1ccc(N2C(=O)C=CC2=O)cc1. The molecule has 0 aromatic heterocycles. The maximum absolute atomic E-state index is 12.0. The van der Waals surface area contributed by atoms with E-state index in [-0.39, 0.29) is 11.4 Å². The van der Waals surface area contributed by atoms with Crippen molar-refractivity contribution >= 4 is 35.3 Å². The zero-order valence-electron chi connectivity index (χ0n) is 13.6. The first kappa shape index (κ1) is 20.6. The van der Waals surface area contributed by atoms with Gasteiger partial charge in [0, 0.05) is 12.2 Å². The third-order valence-electron chi connectivity index (χ3n) is 3.09. The first-order chi connectivity index (χ1) is 13.0. The number of benzene rings is 1. The van der Waals surface area contributed by atoms with Crippen molar-refractivity contribution in [2.75, 3.05) is 4.90 Å². The van der Waals surface area contributed by atoms with Crippen LogP contribution in [-0.2, 0) is 28.8 Å². The summed E-state index contributed by atoms with van der Waals surface area (Å²) < 4.78 is 40.8. The van der Waals surface area contributed by atoms with Gasteiger partial charge in [-0.2, -0.15) is 13.2 Å². The van der Waals surface area contributed by atoms with Gasteiger partial charge in [-0.05, 0) is 24.3 Å². The zero-order valence-corrected chi connectivity index (χ0v) is 13.6. The van der Waals surface area contributed by atoms with Gasteiger partial charge in [-0.3, -0.25) is 19.2 Å². The van der Waals surface area contributed by atoms with Gasteiger partial charge in [0.25, 0.3) is 17.7 Å². The summed E-state index contributed by atoms with van der Waals surface area (Å²) in [4.78, 5) is 61.1. The Kier molecular flexibility index (Phi) is 5.78. The molecule has 0 radical (unpaired) electrons. The predicted octanol–water partition coefficient (Wildman–Crippen LogP) is 0.134. The first-order valence-electron chi connectivity index (χ1n) is 7.22. The van der Waals surface area contributed by atoms with Crippen LogP contribution in [0.15, 0.2) is 36.4 Å². The number of esters is 1. The molecule has 10 nitrogen and oxygen atoms in total. The molecule has 0 unspecified atom stereocenters. The van der Waals surface area contributed by atoms with Gasteiger partial charge in [0.05, 0.1) is 5.69 Å². The lowest BCUT2D eigenvalue weighted by atomic mass is 10.2. The van der Waals surface area contributed by atoms with Gasteiger partial charge in [0.2, 0.25) is 0 Å². The summed E-state index contributed by atoms with van der Waals surface area (Å²) in [5.74, 6) is -1.81. The lowest BCUT2D eigenvalue weighted by Gasteiger charge is -2.16. The lowest BCUT2D eigenvalue weighted by Crippen LogP contribution is -2.43. The second-order valence-electron chi connectivity index (χ2n) is 5.09. The van der Waals surface area contributed by atoms with Crippen LogP contribution in [0.5, 0.6) is 5.75 Å². The molecule has 0 fully saturated rings. The van der Waals surface area contributed by atoms with Gasteiger partial charge >= 0.3 is 18.1 Å². The molecule has 148 valence electrons. The molecule has 1 aliphatic rings. The van der Waals surface area contributed by atoms with Crippen LogP contribution in [0, 0.1) is 0 Å². The molecule has 0 atom stereocenters. The summed E-state index contributed by atoms with van der Waals surface area (Å²) in [5.41, 5.74) is 0.197. The smallest absolute Gasteiger partial charge is 0.426 e. The highest BCUT2D eigenvalue weighted by molar-refractivity contribution is 6.28. The van der Waals surface area contributed by atoms with E-state index in [1.54, 1.807) is 0 Å². The zero-order chi connectivity index (χ0) is 21.1. The van der Waals surface area contributed by atoms with Crippen LogP contribution in [0.25, 0.3) is 0 Å². The van der Waals surface area contributed by atoms with Crippen molar-refractivity contribution in [2.24, 2.45) is 5.84 Å². The van der Waals surface area contributed by atoms with E-state index in [0.717, 1.165) is 17.1 Å². The highest BCUT2D eigenvalue weighted by Gasteiger charge is 2.43. The van der Waals surface area contributed by atoms with Gasteiger partial charge < -0.3 is 9.57 Å². The number of carbonyl (C=O) groups is 5. The Morgan fingerprint density at radius 3 is 2.07 bits per heavy atom. The molecule has 1 aromatic carbocycles. The molecule has 1 aliphatic heterocycles. The number of amides is 3. The highest BCUT2D eigenvalue weighted by Crippen LogP contribution is 2.22. The van der Waals surface area contributed by atoms with Crippen molar-refractivity contribution < 1.29 is 46.7 Å². The van der Waals surface area contributed by atoms with Crippen molar-refractivity contribution in [1.29, 1.82) is 0 Å². The number of rotatable bonds is 4. The minimum Gasteiger partial charge on any atom is -0.426 e. The van der Waals surface area contributed by atoms with Gasteiger partial charge in [0.1, 0.15) is 12.2 Å². The number of hydrazine groups is 1. The molecule has 2 N–H and O–H groups in total. The number of imide groups is 1. The van der Waals surface area contributed by atoms with Gasteiger partial charge in [-0.1, -0.05) is 0 Å². The van der Waals surface area contributed by atoms with E-state index >= 15 is 0 Å². The van der Waals surface area contributed by atoms with E-state index in [1.807, 2.05) is 0 Å². The van der Waals surface area contributed by atoms with E-state index in [9.17, 15) is 37.1 Å². The topological polar surface area (TPSA) is 136 Å². The Bertz CT molecular complexity index is 847. The molecule has 28 heavy (non-hydrogen) atoms. The second kappa shape index (κ2) is 7.87. The summed E-state index contributed by atoms with van der Waals surface area (Å²) >= 11 is 0. The van der Waals surface area contributed by atoms with Gasteiger partial charge in [-0.25, -0.2) is 15.5 Å². The number of hydroxylamine groups is 1. The first-order valence-corrected chi connectivity index (χ1v) is 7.22. The summed E-state index contributed by atoms with van der Waals surface area (Å²) in [6, 6.07) is 4.99. The Morgan fingerprint density at radius 2 is 1.57 bits per heavy atom. The Balaban J connectivity index is 1.91. The molecule has 0 saturated carbocycles. The average molecular weight is 401 g/mol. The van der Waals surface area contributed by atoms with Crippen molar-refractivity contribution in [1.82, 2.24) is 5.17 Å². The third-order valence-corrected chi connectivity index (χ3v) is 3.09. The molecule has 0 saturated heterocycles. The third kappa shape index (κ3) is 4.91. The van der Waals surface area contributed by atoms with Crippen LogP contribution in [0.3, 0.4) is 0 Å². The van der Waals surface area contributed by atoms with E-state index in [4.69, 9.17) is 10.6 Å². The number of anilines is 1. The van der Waals surface area contributed by atoms with E-state index in [0.29, 0.717) is 0 Å². The number of hydrogen-bond acceptors (Lipinski definition) is 8. The van der Waals surface area contributed by atoms with E-state index < -0.39 is 47.4 Å². The lowest BCUT2D eigenvalue weighted by molar-refractivity contribution is -0.238. The fraction of sp³-hybridized carbons (Fsp3) is 0.133. The summed E-state index contributed by atoms with van der Waals surface area (Å²) in [6.07, 6.45) is -4.36. The van der Waals surface area contributed by atoms with Crippen LogP contribution in [-0.4, -0.2) is 41.0 Å². The van der Waals surface area contributed by atoms with Crippen molar-refractivity contribution in [3.05, 3.63) is 36.4 Å². The molecule has 0 spiro atoms. The fourth-order valence-corrected chi connectivity index (χ4v) is 1.88. The maximum Gasteiger partial charge on any atom is 0.493 e. The number of ether oxygens (including phenoxy) is 1. The average Bonchev–Trinajstić information content (AvgIpc) is 2.93. The van der Waals surface area contributed by atoms with E-state index in [1.165, 1.54) is 24.3 Å².